The average Bonchev–Trinajstić information content (AvgIpc) is 2.97. The van der Waals surface area contributed by atoms with Crippen molar-refractivity contribution >= 4 is 21.4 Å². The number of rotatable bonds is 5. The fourth-order valence-corrected chi connectivity index (χ4v) is 4.15. The fraction of sp³-hybridized carbons (Fsp3) is 0.250. The van der Waals surface area contributed by atoms with Gasteiger partial charge in [-0.2, -0.15) is 0 Å². The molecule has 0 saturated heterocycles. The molecule has 6 heteroatoms. The molecule has 0 aromatic heterocycles. The Bertz CT molecular complexity index is 915. The average molecular weight is 371 g/mol. The van der Waals surface area contributed by atoms with Gasteiger partial charge >= 0.3 is 0 Å². The van der Waals surface area contributed by atoms with Crippen molar-refractivity contribution in [2.45, 2.75) is 19.9 Å². The summed E-state index contributed by atoms with van der Waals surface area (Å²) in [5.74, 6) is 0.335. The molecule has 1 atom stereocenters. The van der Waals surface area contributed by atoms with E-state index in [0.717, 1.165) is 5.56 Å². The molecule has 1 unspecified atom stereocenters. The molecular weight excluding hydrogens is 350 g/mol. The van der Waals surface area contributed by atoms with E-state index in [1.54, 1.807) is 30.3 Å². The van der Waals surface area contributed by atoms with E-state index in [2.05, 4.69) is 0 Å². The maximum atomic E-state index is 13.2. The molecule has 0 spiro atoms. The first-order valence-corrected chi connectivity index (χ1v) is 10.2. The van der Waals surface area contributed by atoms with Crippen LogP contribution in [0, 0.1) is 6.92 Å². The molecule has 1 aliphatic heterocycles. The zero-order chi connectivity index (χ0) is 18.7. The molecule has 0 fully saturated rings. The highest BCUT2D eigenvalue weighted by Gasteiger charge is 2.32. The van der Waals surface area contributed by atoms with Crippen molar-refractivity contribution in [2.24, 2.45) is 0 Å². The number of anilines is 1. The van der Waals surface area contributed by atoms with Crippen molar-refractivity contribution in [1.82, 2.24) is 0 Å². The highest BCUT2D eigenvalue weighted by atomic mass is 32.2. The molecule has 0 N–H and O–H groups in total. The van der Waals surface area contributed by atoms with Gasteiger partial charge in [0.1, 0.15) is 5.75 Å². The molecule has 5 nitrogen and oxygen atoms in total. The van der Waals surface area contributed by atoms with E-state index in [1.165, 1.54) is 10.3 Å². The summed E-state index contributed by atoms with van der Waals surface area (Å²) in [6.45, 7) is 4.40. The summed E-state index contributed by atoms with van der Waals surface area (Å²) in [4.78, 5) is 14.7. The van der Waals surface area contributed by atoms with E-state index in [-0.39, 0.29) is 11.7 Å². The Morgan fingerprint density at radius 1 is 1.12 bits per heavy atom. The molecule has 1 amide bonds. The van der Waals surface area contributed by atoms with Crippen LogP contribution in [0.15, 0.2) is 60.0 Å². The topological polar surface area (TPSA) is 63.7 Å². The highest BCUT2D eigenvalue weighted by molar-refractivity contribution is 7.94. The van der Waals surface area contributed by atoms with Crippen molar-refractivity contribution in [3.63, 3.8) is 0 Å². The summed E-state index contributed by atoms with van der Waals surface area (Å²) in [6.07, 6.45) is 1.57. The molecular formula is C20H21NO4S. The summed E-state index contributed by atoms with van der Waals surface area (Å²) < 4.78 is 29.1. The first-order chi connectivity index (χ1) is 12.4. The summed E-state index contributed by atoms with van der Waals surface area (Å²) in [5.41, 5.74) is 2.21. The van der Waals surface area contributed by atoms with Gasteiger partial charge in [0.05, 0.1) is 18.4 Å². The first kappa shape index (κ1) is 18.2. The SMILES string of the molecule is CCOc1ccc(C(=O)N(c2ccc(C)cc2)C2C=CS(=O)(=O)C2)cc1. The number of carbonyl (C=O) groups excluding carboxylic acids is 1. The molecule has 26 heavy (non-hydrogen) atoms. The number of nitrogens with zero attached hydrogens (tertiary/aromatic N) is 1. The molecule has 0 saturated carbocycles. The summed E-state index contributed by atoms with van der Waals surface area (Å²) in [5, 5.41) is 1.18. The van der Waals surface area contributed by atoms with E-state index in [0.29, 0.717) is 23.6 Å². The van der Waals surface area contributed by atoms with Crippen LogP contribution in [0.25, 0.3) is 0 Å². The number of benzene rings is 2. The number of hydrogen-bond acceptors (Lipinski definition) is 4. The number of ether oxygens (including phenoxy) is 1. The number of carbonyl (C=O) groups is 1. The van der Waals surface area contributed by atoms with Gasteiger partial charge in [0, 0.05) is 16.7 Å². The van der Waals surface area contributed by atoms with Crippen molar-refractivity contribution in [3.8, 4) is 5.75 Å². The predicted octanol–water partition coefficient (Wildman–Crippen LogP) is 3.35. The second kappa shape index (κ2) is 7.33. The lowest BCUT2D eigenvalue weighted by atomic mass is 10.1. The smallest absolute Gasteiger partial charge is 0.258 e. The second-order valence-corrected chi connectivity index (χ2v) is 8.12. The van der Waals surface area contributed by atoms with E-state index in [9.17, 15) is 13.2 Å². The molecule has 3 rings (SSSR count). The normalized spacial score (nSPS) is 17.8. The van der Waals surface area contributed by atoms with Crippen LogP contribution in [0.2, 0.25) is 0 Å². The summed E-state index contributed by atoms with van der Waals surface area (Å²) in [6, 6.07) is 13.8. The van der Waals surface area contributed by atoms with Crippen LogP contribution < -0.4 is 9.64 Å². The van der Waals surface area contributed by atoms with Crippen LogP contribution >= 0.6 is 0 Å². The molecule has 1 heterocycles. The van der Waals surface area contributed by atoms with Gasteiger partial charge in [0.15, 0.2) is 9.84 Å². The van der Waals surface area contributed by atoms with E-state index >= 15 is 0 Å². The summed E-state index contributed by atoms with van der Waals surface area (Å²) >= 11 is 0. The third kappa shape index (κ3) is 3.96. The highest BCUT2D eigenvalue weighted by Crippen LogP contribution is 2.26. The maximum Gasteiger partial charge on any atom is 0.258 e. The van der Waals surface area contributed by atoms with Gasteiger partial charge in [-0.15, -0.1) is 0 Å². The lowest BCUT2D eigenvalue weighted by Gasteiger charge is -2.28. The largest absolute Gasteiger partial charge is 0.494 e. The third-order valence-electron chi connectivity index (χ3n) is 4.19. The number of sulfone groups is 1. The van der Waals surface area contributed by atoms with E-state index in [1.807, 2.05) is 38.1 Å². The molecule has 1 aliphatic rings. The van der Waals surface area contributed by atoms with Crippen LogP contribution in [0.4, 0.5) is 5.69 Å². The molecule has 2 aromatic carbocycles. The maximum absolute atomic E-state index is 13.2. The minimum absolute atomic E-state index is 0.107. The minimum atomic E-state index is -3.28. The Morgan fingerprint density at radius 3 is 2.31 bits per heavy atom. The first-order valence-electron chi connectivity index (χ1n) is 8.43. The van der Waals surface area contributed by atoms with Gasteiger partial charge < -0.3 is 9.64 Å². The van der Waals surface area contributed by atoms with Crippen LogP contribution in [-0.4, -0.2) is 32.7 Å². The Balaban J connectivity index is 1.95. The Morgan fingerprint density at radius 2 is 1.77 bits per heavy atom. The van der Waals surface area contributed by atoms with Crippen LogP contribution in [0.3, 0.4) is 0 Å². The van der Waals surface area contributed by atoms with Crippen LogP contribution in [0.1, 0.15) is 22.8 Å². The lowest BCUT2D eigenvalue weighted by molar-refractivity contribution is 0.0983. The number of aryl methyl sites for hydroxylation is 1. The van der Waals surface area contributed by atoms with Crippen molar-refractivity contribution in [3.05, 3.63) is 71.1 Å². The standard InChI is InChI=1S/C20H21NO4S/c1-3-25-19-10-6-16(7-11-19)20(22)21(17-8-4-15(2)5-9-17)18-12-13-26(23,24)14-18/h4-13,18H,3,14H2,1-2H3. The van der Waals surface area contributed by atoms with Crippen molar-refractivity contribution in [1.29, 1.82) is 0 Å². The molecule has 2 aromatic rings. The van der Waals surface area contributed by atoms with Gasteiger partial charge in [-0.25, -0.2) is 8.42 Å². The Hall–Kier alpha value is -2.60. The Kier molecular flexibility index (Phi) is 5.13. The monoisotopic (exact) mass is 371 g/mol. The van der Waals surface area contributed by atoms with E-state index in [4.69, 9.17) is 4.74 Å². The van der Waals surface area contributed by atoms with Crippen molar-refractivity contribution in [2.75, 3.05) is 17.3 Å². The van der Waals surface area contributed by atoms with Gasteiger partial charge in [-0.3, -0.25) is 4.79 Å². The van der Waals surface area contributed by atoms with Crippen molar-refractivity contribution < 1.29 is 17.9 Å². The quantitative estimate of drug-likeness (QED) is 0.809. The lowest BCUT2D eigenvalue weighted by Crippen LogP contribution is -2.41. The molecule has 0 aliphatic carbocycles. The van der Waals surface area contributed by atoms with Crippen LogP contribution in [0.5, 0.6) is 5.75 Å². The van der Waals surface area contributed by atoms with Crippen LogP contribution in [-0.2, 0) is 9.84 Å². The zero-order valence-electron chi connectivity index (χ0n) is 14.8. The third-order valence-corrected chi connectivity index (χ3v) is 5.56. The molecule has 0 radical (unpaired) electrons. The van der Waals surface area contributed by atoms with E-state index < -0.39 is 15.9 Å². The number of hydrogen-bond donors (Lipinski definition) is 0. The molecule has 0 bridgehead atoms. The summed E-state index contributed by atoms with van der Waals surface area (Å²) in [7, 11) is -3.28. The van der Waals surface area contributed by atoms with Gasteiger partial charge in [-0.1, -0.05) is 17.7 Å². The van der Waals surface area contributed by atoms with Gasteiger partial charge in [0.25, 0.3) is 5.91 Å². The fourth-order valence-electron chi connectivity index (χ4n) is 2.88. The number of amides is 1. The van der Waals surface area contributed by atoms with Gasteiger partial charge in [-0.05, 0) is 56.3 Å². The predicted molar refractivity (Wildman–Crippen MR) is 102 cm³/mol. The second-order valence-electron chi connectivity index (χ2n) is 6.19. The Labute approximate surface area is 153 Å². The zero-order valence-corrected chi connectivity index (χ0v) is 15.6. The van der Waals surface area contributed by atoms with Gasteiger partial charge in [0.2, 0.25) is 0 Å². The minimum Gasteiger partial charge on any atom is -0.494 e. The molecule has 136 valence electrons.